The molecule has 0 saturated carbocycles. The van der Waals surface area contributed by atoms with Gasteiger partial charge in [-0.15, -0.1) is 0 Å². The van der Waals surface area contributed by atoms with Gasteiger partial charge in [0.25, 0.3) is 0 Å². The smallest absolute Gasteiger partial charge is 0.149 e. The van der Waals surface area contributed by atoms with Gasteiger partial charge in [-0.1, -0.05) is 0 Å². The summed E-state index contributed by atoms with van der Waals surface area (Å²) in [5.41, 5.74) is 3.08. The Kier molecular flexibility index (Phi) is 1.27. The van der Waals surface area contributed by atoms with E-state index in [4.69, 9.17) is 0 Å². The van der Waals surface area contributed by atoms with E-state index < -0.39 is 0 Å². The van der Waals surface area contributed by atoms with Gasteiger partial charge in [0.1, 0.15) is 17.1 Å². The molecule has 0 amide bonds. The number of aryl methyl sites for hydroxylation is 2. The summed E-state index contributed by atoms with van der Waals surface area (Å²) in [4.78, 5) is 12.0. The first-order chi connectivity index (χ1) is 6.77. The average molecular weight is 186 g/mol. The van der Waals surface area contributed by atoms with Crippen molar-refractivity contribution in [3.8, 4) is 0 Å². The number of aromatic nitrogens is 4. The first-order valence-corrected chi connectivity index (χ1v) is 4.55. The van der Waals surface area contributed by atoms with Crippen molar-refractivity contribution >= 4 is 16.7 Å². The Labute approximate surface area is 80.6 Å². The standard InChI is InChI=1S/C10H10N4/c1-6-5-12-9-8(6)10-11-3-4-14(10)7(2)13-9/h3-5,12H,1-2H3. The zero-order valence-corrected chi connectivity index (χ0v) is 8.07. The molecule has 3 aromatic rings. The highest BCUT2D eigenvalue weighted by Gasteiger charge is 2.09. The van der Waals surface area contributed by atoms with Gasteiger partial charge >= 0.3 is 0 Å². The van der Waals surface area contributed by atoms with Crippen LogP contribution in [0.5, 0.6) is 0 Å². The van der Waals surface area contributed by atoms with E-state index in [-0.39, 0.29) is 0 Å². The third-order valence-corrected chi connectivity index (χ3v) is 2.54. The molecule has 4 heteroatoms. The summed E-state index contributed by atoms with van der Waals surface area (Å²) in [5, 5.41) is 1.11. The van der Waals surface area contributed by atoms with E-state index in [0.717, 1.165) is 22.5 Å². The van der Waals surface area contributed by atoms with Crippen LogP contribution >= 0.6 is 0 Å². The molecule has 14 heavy (non-hydrogen) atoms. The van der Waals surface area contributed by atoms with Crippen molar-refractivity contribution in [2.75, 3.05) is 0 Å². The van der Waals surface area contributed by atoms with Crippen LogP contribution in [0, 0.1) is 13.8 Å². The summed E-state index contributed by atoms with van der Waals surface area (Å²) in [6, 6.07) is 0. The number of imidazole rings is 1. The topological polar surface area (TPSA) is 46.0 Å². The van der Waals surface area contributed by atoms with E-state index in [1.807, 2.05) is 23.7 Å². The molecule has 3 aromatic heterocycles. The first-order valence-electron chi connectivity index (χ1n) is 4.55. The minimum atomic E-state index is 0.915. The minimum Gasteiger partial charge on any atom is -0.346 e. The van der Waals surface area contributed by atoms with Gasteiger partial charge in [-0.25, -0.2) is 9.97 Å². The maximum absolute atomic E-state index is 4.46. The summed E-state index contributed by atoms with van der Waals surface area (Å²) in [6.07, 6.45) is 5.70. The quantitative estimate of drug-likeness (QED) is 0.582. The number of hydrogen-bond donors (Lipinski definition) is 1. The second-order valence-corrected chi connectivity index (χ2v) is 3.48. The maximum Gasteiger partial charge on any atom is 0.149 e. The van der Waals surface area contributed by atoms with Crippen molar-refractivity contribution < 1.29 is 0 Å². The third-order valence-electron chi connectivity index (χ3n) is 2.54. The van der Waals surface area contributed by atoms with E-state index in [1.54, 1.807) is 6.20 Å². The molecule has 0 aliphatic carbocycles. The fourth-order valence-corrected chi connectivity index (χ4v) is 1.84. The molecule has 0 aliphatic rings. The van der Waals surface area contributed by atoms with Crippen molar-refractivity contribution in [1.82, 2.24) is 19.4 Å². The van der Waals surface area contributed by atoms with Crippen LogP contribution in [0.25, 0.3) is 16.7 Å². The number of fused-ring (bicyclic) bond motifs is 3. The molecule has 0 aromatic carbocycles. The van der Waals surface area contributed by atoms with Gasteiger partial charge in [-0.2, -0.15) is 0 Å². The summed E-state index contributed by atoms with van der Waals surface area (Å²) in [7, 11) is 0. The Bertz CT molecular complexity index is 617. The van der Waals surface area contributed by atoms with Crippen LogP contribution in [0.1, 0.15) is 11.4 Å². The summed E-state index contributed by atoms with van der Waals surface area (Å²) in [6.45, 7) is 4.04. The lowest BCUT2D eigenvalue weighted by Gasteiger charge is -2.00. The molecule has 0 fully saturated rings. The molecule has 0 saturated heterocycles. The van der Waals surface area contributed by atoms with Crippen molar-refractivity contribution in [3.63, 3.8) is 0 Å². The lowest BCUT2D eigenvalue weighted by Crippen LogP contribution is -1.95. The zero-order valence-electron chi connectivity index (χ0n) is 8.07. The fourth-order valence-electron chi connectivity index (χ4n) is 1.84. The normalized spacial score (nSPS) is 11.6. The van der Waals surface area contributed by atoms with Gasteiger partial charge < -0.3 is 4.98 Å². The highest BCUT2D eigenvalue weighted by Crippen LogP contribution is 2.20. The largest absolute Gasteiger partial charge is 0.346 e. The molecule has 3 heterocycles. The van der Waals surface area contributed by atoms with Crippen LogP contribution in [-0.2, 0) is 0 Å². The number of nitrogens with one attached hydrogen (secondary N) is 1. The monoisotopic (exact) mass is 186 g/mol. The lowest BCUT2D eigenvalue weighted by atomic mass is 10.2. The predicted octanol–water partition coefficient (Wildman–Crippen LogP) is 1.83. The third kappa shape index (κ3) is 0.775. The highest BCUT2D eigenvalue weighted by molar-refractivity contribution is 5.92. The molecule has 0 atom stereocenters. The number of nitrogens with zero attached hydrogens (tertiary/aromatic N) is 3. The molecule has 0 spiro atoms. The summed E-state index contributed by atoms with van der Waals surface area (Å²) < 4.78 is 2.00. The lowest BCUT2D eigenvalue weighted by molar-refractivity contribution is 1.01. The number of aromatic amines is 1. The van der Waals surface area contributed by atoms with Crippen LogP contribution in [0.2, 0.25) is 0 Å². The van der Waals surface area contributed by atoms with Gasteiger partial charge in [0.05, 0.1) is 5.39 Å². The van der Waals surface area contributed by atoms with Crippen LogP contribution in [0.15, 0.2) is 18.6 Å². The Morgan fingerprint density at radius 3 is 3.07 bits per heavy atom. The Morgan fingerprint density at radius 2 is 2.21 bits per heavy atom. The van der Waals surface area contributed by atoms with Crippen LogP contribution < -0.4 is 0 Å². The minimum absolute atomic E-state index is 0.915. The van der Waals surface area contributed by atoms with Gasteiger partial charge in [0, 0.05) is 18.6 Å². The Hall–Kier alpha value is -1.84. The van der Waals surface area contributed by atoms with E-state index in [0.29, 0.717) is 0 Å². The first kappa shape index (κ1) is 7.55. The zero-order chi connectivity index (χ0) is 9.71. The molecular weight excluding hydrogens is 176 g/mol. The highest BCUT2D eigenvalue weighted by atomic mass is 15.1. The maximum atomic E-state index is 4.46. The number of H-pyrrole nitrogens is 1. The molecule has 0 aliphatic heterocycles. The molecular formula is C10H10N4. The van der Waals surface area contributed by atoms with E-state index >= 15 is 0 Å². The molecule has 70 valence electrons. The van der Waals surface area contributed by atoms with Gasteiger partial charge in [-0.05, 0) is 19.4 Å². The van der Waals surface area contributed by atoms with Gasteiger partial charge in [0.15, 0.2) is 0 Å². The average Bonchev–Trinajstić information content (AvgIpc) is 2.72. The molecule has 4 nitrogen and oxygen atoms in total. The molecule has 0 bridgehead atoms. The summed E-state index contributed by atoms with van der Waals surface area (Å²) in [5.74, 6) is 0.951. The second-order valence-electron chi connectivity index (χ2n) is 3.48. The van der Waals surface area contributed by atoms with Crippen LogP contribution in [0.3, 0.4) is 0 Å². The SMILES string of the molecule is Cc1c[nH]c2nc(C)n3ccnc3c12. The van der Waals surface area contributed by atoms with E-state index in [2.05, 4.69) is 21.9 Å². The molecule has 3 rings (SSSR count). The van der Waals surface area contributed by atoms with Gasteiger partial charge in [0.2, 0.25) is 0 Å². The summed E-state index contributed by atoms with van der Waals surface area (Å²) >= 11 is 0. The number of rotatable bonds is 0. The van der Waals surface area contributed by atoms with Gasteiger partial charge in [-0.3, -0.25) is 4.40 Å². The van der Waals surface area contributed by atoms with E-state index in [1.165, 1.54) is 5.56 Å². The number of hydrogen-bond acceptors (Lipinski definition) is 2. The molecule has 0 radical (unpaired) electrons. The van der Waals surface area contributed by atoms with Crippen molar-refractivity contribution in [3.05, 3.63) is 30.0 Å². The van der Waals surface area contributed by atoms with E-state index in [9.17, 15) is 0 Å². The predicted molar refractivity (Wildman–Crippen MR) is 54.3 cm³/mol. The van der Waals surface area contributed by atoms with Crippen molar-refractivity contribution in [2.24, 2.45) is 0 Å². The van der Waals surface area contributed by atoms with Crippen molar-refractivity contribution in [2.45, 2.75) is 13.8 Å². The second kappa shape index (κ2) is 2.35. The molecule has 1 N–H and O–H groups in total. The molecule has 0 unspecified atom stereocenters. The van der Waals surface area contributed by atoms with Crippen LogP contribution in [0.4, 0.5) is 0 Å². The fraction of sp³-hybridized carbons (Fsp3) is 0.200. The van der Waals surface area contributed by atoms with Crippen LogP contribution in [-0.4, -0.2) is 19.4 Å². The van der Waals surface area contributed by atoms with Crippen molar-refractivity contribution in [1.29, 1.82) is 0 Å². The Balaban J connectivity index is 2.69. The Morgan fingerprint density at radius 1 is 1.36 bits per heavy atom.